The summed E-state index contributed by atoms with van der Waals surface area (Å²) >= 11 is 3.45. The van der Waals surface area contributed by atoms with Crippen LogP contribution in [0.15, 0.2) is 22.7 Å². The highest BCUT2D eigenvalue weighted by Crippen LogP contribution is 2.29. The topological polar surface area (TPSA) is 41.5 Å². The van der Waals surface area contributed by atoms with Gasteiger partial charge < -0.3 is 15.2 Å². The number of hydrogen-bond donors (Lipinski definition) is 2. The third-order valence-corrected chi connectivity index (χ3v) is 3.97. The van der Waals surface area contributed by atoms with E-state index in [-0.39, 0.29) is 0 Å². The van der Waals surface area contributed by atoms with Gasteiger partial charge >= 0.3 is 0 Å². The second-order valence-electron chi connectivity index (χ2n) is 5.02. The highest BCUT2D eigenvalue weighted by atomic mass is 79.9. The van der Waals surface area contributed by atoms with Crippen LogP contribution >= 0.6 is 15.9 Å². The molecule has 1 aromatic carbocycles. The molecule has 0 amide bonds. The Morgan fingerprint density at radius 1 is 1.28 bits per heavy atom. The third kappa shape index (κ3) is 3.62. The summed E-state index contributed by atoms with van der Waals surface area (Å²) in [6.07, 6.45) is 5.28. The maximum Gasteiger partial charge on any atom is 0.122 e. The number of benzene rings is 1. The van der Waals surface area contributed by atoms with Crippen molar-refractivity contribution in [2.45, 2.75) is 37.7 Å². The molecule has 100 valence electrons. The van der Waals surface area contributed by atoms with E-state index in [1.807, 2.05) is 18.2 Å². The molecule has 18 heavy (non-hydrogen) atoms. The molecule has 1 fully saturated rings. The molecular formula is C14H20BrNO2. The Morgan fingerprint density at radius 2 is 2.00 bits per heavy atom. The van der Waals surface area contributed by atoms with Crippen molar-refractivity contribution in [2.24, 2.45) is 0 Å². The van der Waals surface area contributed by atoms with Gasteiger partial charge in [-0.05, 0) is 25.0 Å². The molecule has 2 N–H and O–H groups in total. The molecule has 0 atom stereocenters. The first kappa shape index (κ1) is 13.7. The first-order chi connectivity index (χ1) is 8.61. The molecule has 3 nitrogen and oxygen atoms in total. The van der Waals surface area contributed by atoms with E-state index in [1.165, 1.54) is 6.42 Å². The minimum absolute atomic E-state index is 0.548. The minimum Gasteiger partial charge on any atom is -0.497 e. The lowest BCUT2D eigenvalue weighted by atomic mass is 9.85. The number of hydrogen-bond acceptors (Lipinski definition) is 3. The number of anilines is 1. The van der Waals surface area contributed by atoms with E-state index >= 15 is 0 Å². The van der Waals surface area contributed by atoms with Crippen LogP contribution < -0.4 is 10.1 Å². The molecule has 0 aliphatic heterocycles. The van der Waals surface area contributed by atoms with E-state index in [0.29, 0.717) is 6.54 Å². The van der Waals surface area contributed by atoms with Crippen molar-refractivity contribution in [1.29, 1.82) is 0 Å². The fourth-order valence-corrected chi connectivity index (χ4v) is 2.91. The van der Waals surface area contributed by atoms with Gasteiger partial charge in [-0.15, -0.1) is 0 Å². The molecule has 1 aliphatic carbocycles. The molecule has 0 radical (unpaired) electrons. The van der Waals surface area contributed by atoms with Crippen molar-refractivity contribution in [3.8, 4) is 5.75 Å². The Balaban J connectivity index is 1.98. The van der Waals surface area contributed by atoms with Gasteiger partial charge in [0, 0.05) is 22.8 Å². The number of rotatable bonds is 4. The zero-order chi connectivity index (χ0) is 13.0. The van der Waals surface area contributed by atoms with Gasteiger partial charge in [-0.2, -0.15) is 0 Å². The summed E-state index contributed by atoms with van der Waals surface area (Å²) in [5, 5.41) is 13.7. The van der Waals surface area contributed by atoms with Gasteiger partial charge in [-0.3, -0.25) is 0 Å². The van der Waals surface area contributed by atoms with E-state index in [4.69, 9.17) is 4.74 Å². The minimum atomic E-state index is -0.548. The van der Waals surface area contributed by atoms with Crippen molar-refractivity contribution in [3.05, 3.63) is 22.7 Å². The Bertz CT molecular complexity index is 403. The van der Waals surface area contributed by atoms with Crippen LogP contribution in [0.3, 0.4) is 0 Å². The molecule has 1 aliphatic rings. The Kier molecular flexibility index (Phi) is 4.51. The summed E-state index contributed by atoms with van der Waals surface area (Å²) in [6.45, 7) is 0.604. The molecule has 0 saturated heterocycles. The van der Waals surface area contributed by atoms with Crippen LogP contribution in [0.5, 0.6) is 5.75 Å². The predicted molar refractivity (Wildman–Crippen MR) is 77.2 cm³/mol. The van der Waals surface area contributed by atoms with Crippen LogP contribution in [0, 0.1) is 0 Å². The van der Waals surface area contributed by atoms with Crippen molar-refractivity contribution in [2.75, 3.05) is 19.0 Å². The fraction of sp³-hybridized carbons (Fsp3) is 0.571. The number of methoxy groups -OCH3 is 1. The molecule has 1 aromatic rings. The van der Waals surface area contributed by atoms with Crippen LogP contribution in [0.1, 0.15) is 32.1 Å². The maximum atomic E-state index is 10.4. The van der Waals surface area contributed by atoms with Crippen LogP contribution in [0.2, 0.25) is 0 Å². The smallest absolute Gasteiger partial charge is 0.122 e. The number of halogens is 1. The summed E-state index contributed by atoms with van der Waals surface area (Å²) in [4.78, 5) is 0. The molecule has 2 rings (SSSR count). The molecule has 0 heterocycles. The maximum absolute atomic E-state index is 10.4. The normalized spacial score (nSPS) is 18.4. The summed E-state index contributed by atoms with van der Waals surface area (Å²) in [6, 6.07) is 5.85. The van der Waals surface area contributed by atoms with Crippen molar-refractivity contribution >= 4 is 21.6 Å². The molecule has 1 saturated carbocycles. The zero-order valence-corrected chi connectivity index (χ0v) is 12.3. The van der Waals surface area contributed by atoms with Gasteiger partial charge in [-0.25, -0.2) is 0 Å². The van der Waals surface area contributed by atoms with Crippen LogP contribution in [0.25, 0.3) is 0 Å². The third-order valence-electron chi connectivity index (χ3n) is 3.51. The molecule has 0 aromatic heterocycles. The molecule has 0 unspecified atom stereocenters. The van der Waals surface area contributed by atoms with Gasteiger partial charge in [0.1, 0.15) is 5.75 Å². The second-order valence-corrected chi connectivity index (χ2v) is 5.93. The lowest BCUT2D eigenvalue weighted by Gasteiger charge is -2.32. The van der Waals surface area contributed by atoms with Crippen LogP contribution in [0.4, 0.5) is 5.69 Å². The standard InChI is InChI=1S/C14H20BrNO2/c1-18-13-8-11(15)7-12(9-13)16-10-14(17)5-3-2-4-6-14/h7-9,16-17H,2-6,10H2,1H3. The average Bonchev–Trinajstić information content (AvgIpc) is 2.37. The second kappa shape index (κ2) is 5.93. The summed E-state index contributed by atoms with van der Waals surface area (Å²) in [5.74, 6) is 0.808. The first-order valence-corrected chi connectivity index (χ1v) is 7.21. The molecule has 0 spiro atoms. The first-order valence-electron chi connectivity index (χ1n) is 6.42. The Hall–Kier alpha value is -0.740. The number of nitrogens with one attached hydrogen (secondary N) is 1. The zero-order valence-electron chi connectivity index (χ0n) is 10.7. The van der Waals surface area contributed by atoms with Gasteiger partial charge in [-0.1, -0.05) is 35.2 Å². The van der Waals surface area contributed by atoms with Crippen molar-refractivity contribution in [3.63, 3.8) is 0 Å². The predicted octanol–water partition coefficient (Wildman–Crippen LogP) is 3.56. The summed E-state index contributed by atoms with van der Waals surface area (Å²) < 4.78 is 6.19. The molecular weight excluding hydrogens is 294 g/mol. The lowest BCUT2D eigenvalue weighted by molar-refractivity contribution is 0.0167. The van der Waals surface area contributed by atoms with Crippen LogP contribution in [-0.4, -0.2) is 24.4 Å². The molecule has 0 bridgehead atoms. The molecule has 4 heteroatoms. The largest absolute Gasteiger partial charge is 0.497 e. The highest BCUT2D eigenvalue weighted by Gasteiger charge is 2.28. The van der Waals surface area contributed by atoms with E-state index in [2.05, 4.69) is 21.2 Å². The van der Waals surface area contributed by atoms with E-state index in [1.54, 1.807) is 7.11 Å². The lowest BCUT2D eigenvalue weighted by Crippen LogP contribution is -2.38. The van der Waals surface area contributed by atoms with Gasteiger partial charge in [0.25, 0.3) is 0 Å². The van der Waals surface area contributed by atoms with E-state index in [9.17, 15) is 5.11 Å². The SMILES string of the molecule is COc1cc(Br)cc(NCC2(O)CCCCC2)c1. The number of ether oxygens (including phenoxy) is 1. The Labute approximate surface area is 117 Å². The highest BCUT2D eigenvalue weighted by molar-refractivity contribution is 9.10. The average molecular weight is 314 g/mol. The monoisotopic (exact) mass is 313 g/mol. The van der Waals surface area contributed by atoms with Gasteiger partial charge in [0.15, 0.2) is 0 Å². The van der Waals surface area contributed by atoms with Crippen molar-refractivity contribution in [1.82, 2.24) is 0 Å². The van der Waals surface area contributed by atoms with E-state index < -0.39 is 5.60 Å². The fourth-order valence-electron chi connectivity index (χ4n) is 2.44. The quantitative estimate of drug-likeness (QED) is 0.893. The summed E-state index contributed by atoms with van der Waals surface area (Å²) in [5.41, 5.74) is 0.425. The van der Waals surface area contributed by atoms with Gasteiger partial charge in [0.05, 0.1) is 12.7 Å². The number of aliphatic hydroxyl groups is 1. The van der Waals surface area contributed by atoms with Crippen LogP contribution in [-0.2, 0) is 0 Å². The van der Waals surface area contributed by atoms with Gasteiger partial charge in [0.2, 0.25) is 0 Å². The van der Waals surface area contributed by atoms with E-state index in [0.717, 1.165) is 41.6 Å². The Morgan fingerprint density at radius 3 is 2.67 bits per heavy atom. The summed E-state index contributed by atoms with van der Waals surface area (Å²) in [7, 11) is 1.65. The van der Waals surface area contributed by atoms with Crippen molar-refractivity contribution < 1.29 is 9.84 Å².